The van der Waals surface area contributed by atoms with Crippen LogP contribution in [0.5, 0.6) is 0 Å². The molecule has 2 nitrogen and oxygen atoms in total. The molecule has 0 radical (unpaired) electrons. The average Bonchev–Trinajstić information content (AvgIpc) is 2.66. The predicted molar refractivity (Wildman–Crippen MR) is 88.4 cm³/mol. The number of benzene rings is 1. The second-order valence-electron chi connectivity index (χ2n) is 7.79. The third-order valence-corrected chi connectivity index (χ3v) is 4.28. The fraction of sp³-hybridized carbons (Fsp3) is 0.667. The zero-order valence-corrected chi connectivity index (χ0v) is 14.0. The van der Waals surface area contributed by atoms with Gasteiger partial charge in [-0.1, -0.05) is 12.1 Å². The van der Waals surface area contributed by atoms with Crippen LogP contribution in [0.4, 0.5) is 5.69 Å². The minimum absolute atomic E-state index is 0.170. The summed E-state index contributed by atoms with van der Waals surface area (Å²) >= 11 is 0. The van der Waals surface area contributed by atoms with Crippen molar-refractivity contribution in [3.63, 3.8) is 0 Å². The van der Waals surface area contributed by atoms with Gasteiger partial charge in [0.05, 0.1) is 0 Å². The molecule has 1 fully saturated rings. The molecule has 20 heavy (non-hydrogen) atoms. The Labute approximate surface area is 124 Å². The fourth-order valence-electron chi connectivity index (χ4n) is 3.05. The van der Waals surface area contributed by atoms with Gasteiger partial charge in [-0.15, -0.1) is 0 Å². The molecule has 0 spiro atoms. The largest absolute Gasteiger partial charge is 0.366 e. The van der Waals surface area contributed by atoms with Gasteiger partial charge in [-0.2, -0.15) is 0 Å². The summed E-state index contributed by atoms with van der Waals surface area (Å²) in [7, 11) is 0. The normalized spacial score (nSPS) is 18.6. The zero-order valence-electron chi connectivity index (χ0n) is 14.0. The van der Waals surface area contributed by atoms with Gasteiger partial charge in [-0.3, -0.25) is 0 Å². The molecule has 0 aromatic heterocycles. The van der Waals surface area contributed by atoms with E-state index in [4.69, 9.17) is 0 Å². The van der Waals surface area contributed by atoms with Gasteiger partial charge in [0, 0.05) is 29.9 Å². The smallest absolute Gasteiger partial charge is 0.0400 e. The van der Waals surface area contributed by atoms with E-state index in [1.807, 2.05) is 0 Å². The Balaban J connectivity index is 2.14. The lowest BCUT2D eigenvalue weighted by atomic mass is 10.00. The van der Waals surface area contributed by atoms with Crippen LogP contribution in [0.3, 0.4) is 0 Å². The van der Waals surface area contributed by atoms with Crippen LogP contribution in [0.15, 0.2) is 18.2 Å². The Morgan fingerprint density at radius 2 is 1.95 bits per heavy atom. The first-order valence-electron chi connectivity index (χ1n) is 7.81. The van der Waals surface area contributed by atoms with E-state index in [2.05, 4.69) is 70.0 Å². The Morgan fingerprint density at radius 3 is 2.45 bits per heavy atom. The van der Waals surface area contributed by atoms with Crippen molar-refractivity contribution in [2.45, 2.75) is 72.0 Å². The van der Waals surface area contributed by atoms with Crippen LogP contribution >= 0.6 is 0 Å². The predicted octanol–water partition coefficient (Wildman–Crippen LogP) is 4.26. The van der Waals surface area contributed by atoms with Crippen molar-refractivity contribution in [2.75, 3.05) is 11.4 Å². The zero-order chi connectivity index (χ0) is 15.0. The first-order valence-corrected chi connectivity index (χ1v) is 7.81. The number of rotatable bonds is 3. The van der Waals surface area contributed by atoms with Crippen molar-refractivity contribution in [3.8, 4) is 0 Å². The second kappa shape index (κ2) is 5.40. The van der Waals surface area contributed by atoms with Gasteiger partial charge in [0.1, 0.15) is 0 Å². The first-order chi connectivity index (χ1) is 9.19. The summed E-state index contributed by atoms with van der Waals surface area (Å²) in [6, 6.07) is 6.92. The molecule has 112 valence electrons. The summed E-state index contributed by atoms with van der Waals surface area (Å²) < 4.78 is 0. The van der Waals surface area contributed by atoms with E-state index < -0.39 is 0 Å². The van der Waals surface area contributed by atoms with Gasteiger partial charge >= 0.3 is 0 Å². The highest BCUT2D eigenvalue weighted by molar-refractivity contribution is 5.57. The molecule has 0 atom stereocenters. The summed E-state index contributed by atoms with van der Waals surface area (Å²) in [5.41, 5.74) is 4.65. The van der Waals surface area contributed by atoms with Crippen molar-refractivity contribution >= 4 is 5.69 Å². The lowest BCUT2D eigenvalue weighted by molar-refractivity contribution is 0.424. The summed E-state index contributed by atoms with van der Waals surface area (Å²) in [6.07, 6.45) is 2.60. The van der Waals surface area contributed by atoms with Crippen molar-refractivity contribution in [1.82, 2.24) is 5.32 Å². The fourth-order valence-corrected chi connectivity index (χ4v) is 3.05. The number of anilines is 1. The molecule has 0 aliphatic carbocycles. The number of aryl methyl sites for hydroxylation is 1. The standard InChI is InChI=1S/C18H30N2/c1-14-12-15(13-19-17(2,3)4)8-9-16(14)20-11-7-10-18(20,5)6/h8-9,12,19H,7,10-11,13H2,1-6H3. The molecule has 1 saturated heterocycles. The highest BCUT2D eigenvalue weighted by Crippen LogP contribution is 2.35. The summed E-state index contributed by atoms with van der Waals surface area (Å²) in [4.78, 5) is 2.57. The third kappa shape index (κ3) is 3.54. The molecule has 2 rings (SSSR count). The molecule has 0 unspecified atom stereocenters. The molecule has 0 saturated carbocycles. The Hall–Kier alpha value is -1.02. The molecule has 1 aliphatic rings. The lowest BCUT2D eigenvalue weighted by Crippen LogP contribution is -2.38. The van der Waals surface area contributed by atoms with Crippen molar-refractivity contribution in [1.29, 1.82) is 0 Å². The highest BCUT2D eigenvalue weighted by atomic mass is 15.2. The summed E-state index contributed by atoms with van der Waals surface area (Å²) in [5.74, 6) is 0. The molecule has 0 amide bonds. The third-order valence-electron chi connectivity index (χ3n) is 4.28. The van der Waals surface area contributed by atoms with Crippen molar-refractivity contribution in [2.24, 2.45) is 0 Å². The van der Waals surface area contributed by atoms with Gasteiger partial charge in [0.2, 0.25) is 0 Å². The molecule has 1 heterocycles. The van der Waals surface area contributed by atoms with E-state index in [9.17, 15) is 0 Å². The van der Waals surface area contributed by atoms with E-state index >= 15 is 0 Å². The molecular formula is C18H30N2. The van der Waals surface area contributed by atoms with Crippen molar-refractivity contribution in [3.05, 3.63) is 29.3 Å². The van der Waals surface area contributed by atoms with Crippen LogP contribution in [0.1, 0.15) is 58.6 Å². The van der Waals surface area contributed by atoms with Crippen LogP contribution < -0.4 is 10.2 Å². The van der Waals surface area contributed by atoms with E-state index in [1.165, 1.54) is 36.2 Å². The minimum atomic E-state index is 0.170. The summed E-state index contributed by atoms with van der Waals surface area (Å²) in [6.45, 7) is 15.7. The molecule has 2 heteroatoms. The van der Waals surface area contributed by atoms with Crippen LogP contribution in [0.25, 0.3) is 0 Å². The van der Waals surface area contributed by atoms with Gasteiger partial charge in [0.15, 0.2) is 0 Å². The topological polar surface area (TPSA) is 15.3 Å². The van der Waals surface area contributed by atoms with E-state index in [1.54, 1.807) is 0 Å². The quantitative estimate of drug-likeness (QED) is 0.886. The van der Waals surface area contributed by atoms with Crippen LogP contribution in [0, 0.1) is 6.92 Å². The number of hydrogen-bond acceptors (Lipinski definition) is 2. The van der Waals surface area contributed by atoms with Crippen LogP contribution in [0.2, 0.25) is 0 Å². The molecule has 1 aromatic carbocycles. The Morgan fingerprint density at radius 1 is 1.25 bits per heavy atom. The number of nitrogens with zero attached hydrogens (tertiary/aromatic N) is 1. The number of hydrogen-bond donors (Lipinski definition) is 1. The summed E-state index contributed by atoms with van der Waals surface area (Å²) in [5, 5.41) is 3.56. The molecule has 1 N–H and O–H groups in total. The molecule has 0 bridgehead atoms. The minimum Gasteiger partial charge on any atom is -0.366 e. The molecule has 1 aromatic rings. The maximum Gasteiger partial charge on any atom is 0.0400 e. The van der Waals surface area contributed by atoms with Crippen molar-refractivity contribution < 1.29 is 0 Å². The monoisotopic (exact) mass is 274 g/mol. The van der Waals surface area contributed by atoms with E-state index in [0.29, 0.717) is 5.54 Å². The molecular weight excluding hydrogens is 244 g/mol. The Bertz CT molecular complexity index is 469. The van der Waals surface area contributed by atoms with Gasteiger partial charge in [0.25, 0.3) is 0 Å². The van der Waals surface area contributed by atoms with Gasteiger partial charge in [-0.05, 0) is 71.6 Å². The maximum atomic E-state index is 3.56. The maximum absolute atomic E-state index is 3.56. The number of nitrogens with one attached hydrogen (secondary N) is 1. The lowest BCUT2D eigenvalue weighted by Gasteiger charge is -2.35. The van der Waals surface area contributed by atoms with Gasteiger partial charge in [-0.25, -0.2) is 0 Å². The average molecular weight is 274 g/mol. The first kappa shape index (κ1) is 15.4. The SMILES string of the molecule is Cc1cc(CNC(C)(C)C)ccc1N1CCCC1(C)C. The van der Waals surface area contributed by atoms with E-state index in [-0.39, 0.29) is 5.54 Å². The van der Waals surface area contributed by atoms with Crippen LogP contribution in [-0.2, 0) is 6.54 Å². The highest BCUT2D eigenvalue weighted by Gasteiger charge is 2.32. The van der Waals surface area contributed by atoms with Crippen LogP contribution in [-0.4, -0.2) is 17.6 Å². The van der Waals surface area contributed by atoms with E-state index in [0.717, 1.165) is 6.54 Å². The molecule has 1 aliphatic heterocycles. The second-order valence-corrected chi connectivity index (χ2v) is 7.79. The van der Waals surface area contributed by atoms with Gasteiger partial charge < -0.3 is 10.2 Å². The Kier molecular flexibility index (Phi) is 4.15.